The Hall–Kier alpha value is -3.99. The third kappa shape index (κ3) is 3.36. The van der Waals surface area contributed by atoms with E-state index in [0.717, 1.165) is 46.0 Å². The van der Waals surface area contributed by atoms with Gasteiger partial charge in [-0.05, 0) is 47.7 Å². The van der Waals surface area contributed by atoms with Crippen LogP contribution < -0.4 is 10.2 Å². The number of rotatable bonds is 5. The zero-order valence-corrected chi connectivity index (χ0v) is 19.4. The number of nitrogens with one attached hydrogen (secondary N) is 1. The molecule has 5 nitrogen and oxygen atoms in total. The van der Waals surface area contributed by atoms with Crippen LogP contribution in [0.1, 0.15) is 30.5 Å². The van der Waals surface area contributed by atoms with Crippen molar-refractivity contribution in [1.29, 1.82) is 0 Å². The fourth-order valence-electron chi connectivity index (χ4n) is 4.99. The molecule has 2 aliphatic rings. The molecule has 3 heterocycles. The molecule has 0 radical (unpaired) electrons. The second-order valence-corrected chi connectivity index (χ2v) is 9.57. The van der Waals surface area contributed by atoms with Gasteiger partial charge in [-0.15, -0.1) is 0 Å². The zero-order valence-electron chi connectivity index (χ0n) is 19.4. The van der Waals surface area contributed by atoms with Crippen LogP contribution in [-0.4, -0.2) is 17.5 Å². The van der Waals surface area contributed by atoms with Gasteiger partial charge in [-0.25, -0.2) is 0 Å². The van der Waals surface area contributed by atoms with Gasteiger partial charge in [-0.3, -0.25) is 4.99 Å². The van der Waals surface area contributed by atoms with Crippen LogP contribution in [0.4, 0.5) is 5.69 Å². The lowest BCUT2D eigenvalue weighted by Crippen LogP contribution is -2.20. The number of furan rings is 1. The van der Waals surface area contributed by atoms with Gasteiger partial charge < -0.3 is 19.7 Å². The summed E-state index contributed by atoms with van der Waals surface area (Å²) < 4.78 is 6.20. The summed E-state index contributed by atoms with van der Waals surface area (Å²) in [5.74, 6) is 0.279. The van der Waals surface area contributed by atoms with Gasteiger partial charge in [-0.1, -0.05) is 56.3 Å². The van der Waals surface area contributed by atoms with Crippen LogP contribution >= 0.6 is 0 Å². The van der Waals surface area contributed by atoms with E-state index in [4.69, 9.17) is 4.42 Å². The number of allylic oxidation sites excluding steroid dienone is 1. The second kappa shape index (κ2) is 7.80. The summed E-state index contributed by atoms with van der Waals surface area (Å²) in [6, 6.07) is 18.7. The molecule has 170 valence electrons. The van der Waals surface area contributed by atoms with E-state index >= 15 is 0 Å². The van der Waals surface area contributed by atoms with Crippen molar-refractivity contribution < 1.29 is 9.52 Å². The van der Waals surface area contributed by atoms with Gasteiger partial charge >= 0.3 is 0 Å². The summed E-state index contributed by atoms with van der Waals surface area (Å²) in [4.78, 5) is 6.61. The number of aliphatic imine (C=N–C) groups is 1. The van der Waals surface area contributed by atoms with Crippen LogP contribution in [0.25, 0.3) is 21.9 Å². The van der Waals surface area contributed by atoms with Gasteiger partial charge in [0.05, 0.1) is 12.4 Å². The van der Waals surface area contributed by atoms with Gasteiger partial charge in [0, 0.05) is 34.8 Å². The number of phenols is 1. The summed E-state index contributed by atoms with van der Waals surface area (Å²) in [7, 11) is 0. The van der Waals surface area contributed by atoms with Crippen molar-refractivity contribution >= 4 is 33.3 Å². The number of nitrogens with zero attached hydrogens (tertiary/aromatic N) is 2. The number of benzene rings is 3. The predicted octanol–water partition coefficient (Wildman–Crippen LogP) is 6.26. The summed E-state index contributed by atoms with van der Waals surface area (Å²) in [6.45, 7) is 4.97. The predicted molar refractivity (Wildman–Crippen MR) is 138 cm³/mol. The molecule has 0 amide bonds. The Bertz CT molecular complexity index is 1510. The van der Waals surface area contributed by atoms with E-state index in [9.17, 15) is 5.11 Å². The molecule has 34 heavy (non-hydrogen) atoms. The van der Waals surface area contributed by atoms with Crippen molar-refractivity contribution in [3.05, 3.63) is 96.0 Å². The van der Waals surface area contributed by atoms with Gasteiger partial charge in [-0.2, -0.15) is 0 Å². The highest BCUT2D eigenvalue weighted by molar-refractivity contribution is 6.11. The van der Waals surface area contributed by atoms with Crippen molar-refractivity contribution in [2.75, 3.05) is 11.6 Å². The van der Waals surface area contributed by atoms with Crippen LogP contribution in [0.2, 0.25) is 0 Å². The lowest BCUT2D eigenvalue weighted by atomic mass is 9.84. The maximum atomic E-state index is 11.4. The molecule has 3 aromatic carbocycles. The first kappa shape index (κ1) is 20.6. The van der Waals surface area contributed by atoms with E-state index in [1.54, 1.807) is 0 Å². The molecule has 0 bridgehead atoms. The van der Waals surface area contributed by atoms with Crippen molar-refractivity contribution in [3.8, 4) is 5.75 Å². The first-order valence-corrected chi connectivity index (χ1v) is 11.7. The van der Waals surface area contributed by atoms with E-state index in [0.29, 0.717) is 17.9 Å². The standard InChI is InChI=1S/C29H27N3O2/c1-29(2)12-13-31-28(29)21-7-5-6-19(16-21)10-11-20-17-23-22-8-3-4-9-24(22)34-27(23)25(26(20)33)32-15-14-30-18-32/h3-9,12-17,30,33H,10-11,18H2,1-2H3. The minimum atomic E-state index is -0.0591. The third-order valence-corrected chi connectivity index (χ3v) is 6.81. The zero-order chi connectivity index (χ0) is 23.3. The molecule has 0 saturated heterocycles. The van der Waals surface area contributed by atoms with Gasteiger partial charge in [0.15, 0.2) is 5.58 Å². The van der Waals surface area contributed by atoms with Crippen molar-refractivity contribution in [2.45, 2.75) is 26.7 Å². The molecule has 4 aromatic rings. The molecular formula is C29H27N3O2. The number of aryl methyl sites for hydroxylation is 2. The van der Waals surface area contributed by atoms with E-state index < -0.39 is 0 Å². The maximum Gasteiger partial charge on any atom is 0.162 e. The Morgan fingerprint density at radius 1 is 1.06 bits per heavy atom. The molecule has 6 rings (SSSR count). The number of aromatic hydroxyl groups is 1. The Labute approximate surface area is 198 Å². The summed E-state index contributed by atoms with van der Waals surface area (Å²) in [5, 5.41) is 16.6. The van der Waals surface area contributed by atoms with Crippen LogP contribution in [0, 0.1) is 5.41 Å². The Morgan fingerprint density at radius 2 is 1.94 bits per heavy atom. The number of para-hydroxylation sites is 1. The van der Waals surface area contributed by atoms with Crippen LogP contribution in [0.15, 0.2) is 88.7 Å². The largest absolute Gasteiger partial charge is 0.505 e. The molecule has 2 aliphatic heterocycles. The van der Waals surface area contributed by atoms with Crippen LogP contribution in [0.5, 0.6) is 5.75 Å². The minimum Gasteiger partial charge on any atom is -0.505 e. The lowest BCUT2D eigenvalue weighted by Gasteiger charge is -2.20. The van der Waals surface area contributed by atoms with E-state index in [1.165, 1.54) is 5.56 Å². The Balaban J connectivity index is 1.38. The summed E-state index contributed by atoms with van der Waals surface area (Å²) in [5.41, 5.74) is 6.59. The highest BCUT2D eigenvalue weighted by atomic mass is 16.3. The van der Waals surface area contributed by atoms with Crippen molar-refractivity contribution in [2.24, 2.45) is 10.4 Å². The Kier molecular flexibility index (Phi) is 4.73. The van der Waals surface area contributed by atoms with Crippen molar-refractivity contribution in [1.82, 2.24) is 5.32 Å². The van der Waals surface area contributed by atoms with E-state index in [1.807, 2.05) is 41.7 Å². The second-order valence-electron chi connectivity index (χ2n) is 9.57. The molecular weight excluding hydrogens is 422 g/mol. The molecule has 1 aromatic heterocycles. The first-order chi connectivity index (χ1) is 16.5. The molecule has 0 atom stereocenters. The fraction of sp³-hybridized carbons (Fsp3) is 0.207. The normalized spacial score (nSPS) is 16.5. The quantitative estimate of drug-likeness (QED) is 0.378. The minimum absolute atomic E-state index is 0.0591. The molecule has 0 aliphatic carbocycles. The van der Waals surface area contributed by atoms with Gasteiger partial charge in [0.1, 0.15) is 17.0 Å². The topological polar surface area (TPSA) is 61.0 Å². The number of anilines is 1. The fourth-order valence-corrected chi connectivity index (χ4v) is 4.99. The monoisotopic (exact) mass is 449 g/mol. The lowest BCUT2D eigenvalue weighted by molar-refractivity contribution is 0.467. The number of hydrogen-bond acceptors (Lipinski definition) is 5. The van der Waals surface area contributed by atoms with E-state index in [2.05, 4.69) is 66.6 Å². The summed E-state index contributed by atoms with van der Waals surface area (Å²) >= 11 is 0. The first-order valence-electron chi connectivity index (χ1n) is 11.7. The van der Waals surface area contributed by atoms with Crippen molar-refractivity contribution in [3.63, 3.8) is 0 Å². The average Bonchev–Trinajstić information content (AvgIpc) is 3.56. The molecule has 0 fully saturated rings. The van der Waals surface area contributed by atoms with Crippen LogP contribution in [0.3, 0.4) is 0 Å². The van der Waals surface area contributed by atoms with Gasteiger partial charge in [0.25, 0.3) is 0 Å². The molecule has 0 saturated carbocycles. The van der Waals surface area contributed by atoms with E-state index in [-0.39, 0.29) is 11.2 Å². The smallest absolute Gasteiger partial charge is 0.162 e. The number of hydrogen-bond donors (Lipinski definition) is 2. The van der Waals surface area contributed by atoms with Gasteiger partial charge in [0.2, 0.25) is 0 Å². The average molecular weight is 450 g/mol. The number of phenolic OH excluding ortho intramolecular Hbond substituents is 1. The molecule has 5 heteroatoms. The maximum absolute atomic E-state index is 11.4. The highest BCUT2D eigenvalue weighted by Gasteiger charge is 2.27. The van der Waals surface area contributed by atoms with Crippen LogP contribution in [-0.2, 0) is 12.8 Å². The Morgan fingerprint density at radius 3 is 2.74 bits per heavy atom. The molecule has 2 N–H and O–H groups in total. The SMILES string of the molecule is CC1(C)C=CN=C1c1cccc(CCc2cc3c(oc4ccccc43)c(N3C=CNC3)c2O)c1. The molecule has 0 spiro atoms. The highest BCUT2D eigenvalue weighted by Crippen LogP contribution is 2.44. The molecule has 0 unspecified atom stereocenters. The summed E-state index contributed by atoms with van der Waals surface area (Å²) in [6.07, 6.45) is 9.39. The third-order valence-electron chi connectivity index (χ3n) is 6.81. The number of fused-ring (bicyclic) bond motifs is 3.